The first-order valence-electron chi connectivity index (χ1n) is 5.81. The van der Waals surface area contributed by atoms with Gasteiger partial charge in [0.1, 0.15) is 0 Å². The van der Waals surface area contributed by atoms with Crippen LogP contribution in [0, 0.1) is 13.8 Å². The van der Waals surface area contributed by atoms with Crippen LogP contribution in [0.2, 0.25) is 0 Å². The molecule has 0 aliphatic heterocycles. The van der Waals surface area contributed by atoms with Gasteiger partial charge in [0.25, 0.3) is 0 Å². The molecule has 2 aromatic carbocycles. The zero-order chi connectivity index (χ0) is 12.3. The van der Waals surface area contributed by atoms with Gasteiger partial charge in [-0.2, -0.15) is 0 Å². The number of benzene rings is 2. The molecule has 0 heterocycles. The summed E-state index contributed by atoms with van der Waals surface area (Å²) >= 11 is 0. The van der Waals surface area contributed by atoms with Gasteiger partial charge in [0.15, 0.2) is 0 Å². The molecule has 0 fully saturated rings. The van der Waals surface area contributed by atoms with Gasteiger partial charge < -0.3 is 11.1 Å². The summed E-state index contributed by atoms with van der Waals surface area (Å²) in [7, 11) is 0. The number of hydrogen-bond donors (Lipinski definition) is 2. The van der Waals surface area contributed by atoms with Gasteiger partial charge >= 0.3 is 0 Å². The van der Waals surface area contributed by atoms with Gasteiger partial charge in [0, 0.05) is 17.9 Å². The lowest BCUT2D eigenvalue weighted by Crippen LogP contribution is -2.01. The maximum atomic E-state index is 5.80. The number of nitrogens with one attached hydrogen (secondary N) is 1. The molecule has 0 amide bonds. The van der Waals surface area contributed by atoms with Crippen molar-refractivity contribution < 1.29 is 0 Å². The molecule has 17 heavy (non-hydrogen) atoms. The number of nitrogen functional groups attached to an aromatic ring is 1. The van der Waals surface area contributed by atoms with Crippen LogP contribution in [0.1, 0.15) is 16.7 Å². The topological polar surface area (TPSA) is 38.0 Å². The Morgan fingerprint density at radius 3 is 2.47 bits per heavy atom. The molecular formula is C15H18N2. The van der Waals surface area contributed by atoms with Crippen molar-refractivity contribution in [2.24, 2.45) is 0 Å². The van der Waals surface area contributed by atoms with Gasteiger partial charge in [-0.25, -0.2) is 0 Å². The summed E-state index contributed by atoms with van der Waals surface area (Å²) in [6.07, 6.45) is 0. The highest BCUT2D eigenvalue weighted by Gasteiger charge is 1.99. The molecule has 0 radical (unpaired) electrons. The Balaban J connectivity index is 2.08. The molecule has 2 rings (SSSR count). The van der Waals surface area contributed by atoms with Crippen LogP contribution in [0.3, 0.4) is 0 Å². The average Bonchev–Trinajstić information content (AvgIpc) is 2.32. The lowest BCUT2D eigenvalue weighted by molar-refractivity contribution is 1.13. The van der Waals surface area contributed by atoms with Crippen molar-refractivity contribution in [1.29, 1.82) is 0 Å². The summed E-state index contributed by atoms with van der Waals surface area (Å²) in [5.41, 5.74) is 11.5. The fourth-order valence-electron chi connectivity index (χ4n) is 1.82. The third-order valence-electron chi connectivity index (χ3n) is 2.96. The number of aryl methyl sites for hydroxylation is 2. The van der Waals surface area contributed by atoms with E-state index in [1.807, 2.05) is 25.1 Å². The van der Waals surface area contributed by atoms with Gasteiger partial charge in [-0.1, -0.05) is 30.3 Å². The lowest BCUT2D eigenvalue weighted by atomic mass is 10.1. The minimum absolute atomic E-state index is 0.825. The van der Waals surface area contributed by atoms with Crippen molar-refractivity contribution in [3.05, 3.63) is 59.2 Å². The maximum Gasteiger partial charge on any atom is 0.0400 e. The average molecular weight is 226 g/mol. The van der Waals surface area contributed by atoms with E-state index in [9.17, 15) is 0 Å². The highest BCUT2D eigenvalue weighted by molar-refractivity contribution is 5.52. The van der Waals surface area contributed by atoms with Crippen molar-refractivity contribution in [3.8, 4) is 0 Å². The fourth-order valence-corrected chi connectivity index (χ4v) is 1.82. The third-order valence-corrected chi connectivity index (χ3v) is 2.96. The van der Waals surface area contributed by atoms with Crippen LogP contribution in [0.5, 0.6) is 0 Å². The Morgan fingerprint density at radius 1 is 1.00 bits per heavy atom. The lowest BCUT2D eigenvalue weighted by Gasteiger charge is -2.10. The molecule has 0 unspecified atom stereocenters. The SMILES string of the molecule is Cc1cc(CNc2ccccc2C)ccc1N. The normalized spacial score (nSPS) is 10.2. The van der Waals surface area contributed by atoms with E-state index in [0.717, 1.165) is 17.8 Å². The summed E-state index contributed by atoms with van der Waals surface area (Å²) in [5.74, 6) is 0. The summed E-state index contributed by atoms with van der Waals surface area (Å²) in [5, 5.41) is 3.44. The van der Waals surface area contributed by atoms with Gasteiger partial charge in [-0.05, 0) is 42.7 Å². The molecule has 0 saturated carbocycles. The number of anilines is 2. The van der Waals surface area contributed by atoms with E-state index in [4.69, 9.17) is 5.73 Å². The van der Waals surface area contributed by atoms with Crippen LogP contribution < -0.4 is 11.1 Å². The second-order valence-electron chi connectivity index (χ2n) is 4.36. The predicted octanol–water partition coefficient (Wildman–Crippen LogP) is 3.50. The molecule has 0 atom stereocenters. The standard InChI is InChI=1S/C15H18N2/c1-11-5-3-4-6-15(11)17-10-13-7-8-14(16)12(2)9-13/h3-9,17H,10,16H2,1-2H3. The van der Waals surface area contributed by atoms with Crippen molar-refractivity contribution in [1.82, 2.24) is 0 Å². The van der Waals surface area contributed by atoms with E-state index in [-0.39, 0.29) is 0 Å². The Labute approximate surface area is 102 Å². The predicted molar refractivity (Wildman–Crippen MR) is 74.1 cm³/mol. The van der Waals surface area contributed by atoms with E-state index in [1.165, 1.54) is 16.8 Å². The third kappa shape index (κ3) is 2.78. The first-order valence-corrected chi connectivity index (χ1v) is 5.81. The summed E-state index contributed by atoms with van der Waals surface area (Å²) < 4.78 is 0. The van der Waals surface area contributed by atoms with Gasteiger partial charge in [-0.15, -0.1) is 0 Å². The molecule has 0 aromatic heterocycles. The molecule has 2 nitrogen and oxygen atoms in total. The van der Waals surface area contributed by atoms with Crippen LogP contribution in [0.15, 0.2) is 42.5 Å². The highest BCUT2D eigenvalue weighted by Crippen LogP contribution is 2.16. The number of hydrogen-bond acceptors (Lipinski definition) is 2. The van der Waals surface area contributed by atoms with Crippen LogP contribution in [0.4, 0.5) is 11.4 Å². The van der Waals surface area contributed by atoms with Crippen LogP contribution >= 0.6 is 0 Å². The Hall–Kier alpha value is -1.96. The van der Waals surface area contributed by atoms with Crippen molar-refractivity contribution in [2.45, 2.75) is 20.4 Å². The smallest absolute Gasteiger partial charge is 0.0400 e. The molecule has 2 heteroatoms. The highest BCUT2D eigenvalue weighted by atomic mass is 14.9. The zero-order valence-electron chi connectivity index (χ0n) is 10.3. The second-order valence-corrected chi connectivity index (χ2v) is 4.36. The Morgan fingerprint density at radius 2 is 1.76 bits per heavy atom. The first kappa shape index (κ1) is 11.5. The minimum atomic E-state index is 0.825. The molecular weight excluding hydrogens is 208 g/mol. The van der Waals surface area contributed by atoms with E-state index in [0.29, 0.717) is 0 Å². The molecule has 2 aromatic rings. The molecule has 0 bridgehead atoms. The number of rotatable bonds is 3. The van der Waals surface area contributed by atoms with Crippen molar-refractivity contribution >= 4 is 11.4 Å². The van der Waals surface area contributed by atoms with E-state index < -0.39 is 0 Å². The monoisotopic (exact) mass is 226 g/mol. The Bertz CT molecular complexity index is 518. The molecule has 0 aliphatic carbocycles. The molecule has 0 spiro atoms. The van der Waals surface area contributed by atoms with Crippen molar-refractivity contribution in [3.63, 3.8) is 0 Å². The van der Waals surface area contributed by atoms with Crippen molar-refractivity contribution in [2.75, 3.05) is 11.1 Å². The molecule has 3 N–H and O–H groups in total. The molecule has 88 valence electrons. The summed E-state index contributed by atoms with van der Waals surface area (Å²) in [6.45, 7) is 4.97. The maximum absolute atomic E-state index is 5.80. The molecule has 0 saturated heterocycles. The fraction of sp³-hybridized carbons (Fsp3) is 0.200. The largest absolute Gasteiger partial charge is 0.399 e. The van der Waals surface area contributed by atoms with Crippen LogP contribution in [0.25, 0.3) is 0 Å². The van der Waals surface area contributed by atoms with Crippen LogP contribution in [-0.2, 0) is 6.54 Å². The van der Waals surface area contributed by atoms with Gasteiger partial charge in [0.05, 0.1) is 0 Å². The minimum Gasteiger partial charge on any atom is -0.399 e. The second kappa shape index (κ2) is 4.91. The number of para-hydroxylation sites is 1. The first-order chi connectivity index (χ1) is 8.16. The van der Waals surface area contributed by atoms with E-state index in [2.05, 4.69) is 36.5 Å². The van der Waals surface area contributed by atoms with Gasteiger partial charge in [-0.3, -0.25) is 0 Å². The summed E-state index contributed by atoms with van der Waals surface area (Å²) in [4.78, 5) is 0. The number of nitrogens with two attached hydrogens (primary N) is 1. The van der Waals surface area contributed by atoms with Gasteiger partial charge in [0.2, 0.25) is 0 Å². The quantitative estimate of drug-likeness (QED) is 0.786. The molecule has 0 aliphatic rings. The van der Waals surface area contributed by atoms with E-state index >= 15 is 0 Å². The Kier molecular flexibility index (Phi) is 3.33. The summed E-state index contributed by atoms with van der Waals surface area (Å²) in [6, 6.07) is 14.5. The van der Waals surface area contributed by atoms with E-state index in [1.54, 1.807) is 0 Å². The zero-order valence-corrected chi connectivity index (χ0v) is 10.3. The van der Waals surface area contributed by atoms with Crippen LogP contribution in [-0.4, -0.2) is 0 Å².